The molecule has 0 amide bonds. The SMILES string of the molecule is [C-]#N.[C-]#N.[C-]#N.[C-]#N.[C-]#N.[Fe+4].[NH2-].[Na+].[Na+].[Na+]. The van der Waals surface area contributed by atoms with Crippen molar-refractivity contribution < 1.29 is 106 Å². The molecule has 0 aromatic heterocycles. The molecule has 0 aromatic carbocycles. The molecule has 0 aliphatic carbocycles. The van der Waals surface area contributed by atoms with Crippen molar-refractivity contribution in [1.29, 1.82) is 26.3 Å². The third kappa shape index (κ3) is 2890. The van der Waals surface area contributed by atoms with Crippen LogP contribution in [0.2, 0.25) is 0 Å². The molecule has 62 valence electrons. The van der Waals surface area contributed by atoms with E-state index in [1.807, 2.05) is 0 Å². The maximum Gasteiger partial charge on any atom is 4.00 e. The summed E-state index contributed by atoms with van der Waals surface area (Å²) in [5.41, 5.74) is 0. The molecule has 0 saturated carbocycles. The van der Waals surface area contributed by atoms with Gasteiger partial charge in [0.25, 0.3) is 0 Å². The van der Waals surface area contributed by atoms with Crippen LogP contribution in [0.15, 0.2) is 0 Å². The predicted octanol–water partition coefficient (Wildman–Crippen LogP) is -7.79. The summed E-state index contributed by atoms with van der Waals surface area (Å²) in [6, 6.07) is 0. The Morgan fingerprint density at radius 2 is 0.400 bits per heavy atom. The molecule has 0 aliphatic rings. The molecule has 0 rings (SSSR count). The molecule has 15 heavy (non-hydrogen) atoms. The summed E-state index contributed by atoms with van der Waals surface area (Å²) in [6.07, 6.45) is 0. The van der Waals surface area contributed by atoms with E-state index in [1.54, 1.807) is 0 Å². The van der Waals surface area contributed by atoms with Crippen LogP contribution in [0.25, 0.3) is 6.15 Å². The zero-order valence-electron chi connectivity index (χ0n) is 8.67. The minimum atomic E-state index is 0. The van der Waals surface area contributed by atoms with Crippen molar-refractivity contribution in [2.75, 3.05) is 0 Å². The fourth-order valence-corrected chi connectivity index (χ4v) is 0. The molecule has 0 heterocycles. The van der Waals surface area contributed by atoms with E-state index in [4.69, 9.17) is 59.2 Å². The van der Waals surface area contributed by atoms with Gasteiger partial charge in [-0.2, -0.15) is 0 Å². The summed E-state index contributed by atoms with van der Waals surface area (Å²) in [5, 5.41) is 31.2. The first-order valence-electron chi connectivity index (χ1n) is 1.12. The van der Waals surface area contributed by atoms with Crippen molar-refractivity contribution in [3.63, 3.8) is 0 Å². The van der Waals surface area contributed by atoms with Crippen LogP contribution in [0.3, 0.4) is 0 Å². The van der Waals surface area contributed by atoms with Gasteiger partial charge in [-0.05, 0) is 0 Å². The number of rotatable bonds is 0. The number of hydrogen-bond acceptors (Lipinski definition) is 5. The Labute approximate surface area is 168 Å². The van der Waals surface area contributed by atoms with Gasteiger partial charge in [0.05, 0.1) is 0 Å². The van der Waals surface area contributed by atoms with Crippen LogP contribution >= 0.6 is 0 Å². The van der Waals surface area contributed by atoms with E-state index in [1.165, 1.54) is 0 Å². The Balaban J connectivity index is -0.00000000240. The van der Waals surface area contributed by atoms with Gasteiger partial charge < -0.3 is 65.3 Å². The van der Waals surface area contributed by atoms with Crippen LogP contribution < -0.4 is 88.7 Å². The normalized spacial score (nSPS) is 0.667. The molecule has 0 fully saturated rings. The van der Waals surface area contributed by atoms with Crippen LogP contribution in [0.4, 0.5) is 0 Å². The molecule has 0 radical (unpaired) electrons. The number of nitrogens with zero attached hydrogens (tertiary/aromatic N) is 5. The van der Waals surface area contributed by atoms with Gasteiger partial charge in [-0.15, -0.1) is 0 Å². The van der Waals surface area contributed by atoms with Gasteiger partial charge in [0.15, 0.2) is 0 Å². The van der Waals surface area contributed by atoms with Gasteiger partial charge in [-0.25, -0.2) is 0 Å². The van der Waals surface area contributed by atoms with Crippen molar-refractivity contribution in [2.24, 2.45) is 0 Å². The van der Waals surface area contributed by atoms with Crippen molar-refractivity contribution >= 4 is 0 Å². The van der Waals surface area contributed by atoms with Crippen LogP contribution in [-0.4, -0.2) is 0 Å². The van der Waals surface area contributed by atoms with Crippen LogP contribution in [-0.2, 0) is 17.1 Å². The maximum absolute atomic E-state index is 6.25. The third-order valence-electron chi connectivity index (χ3n) is 0. The largest absolute Gasteiger partial charge is 4.00 e. The first-order valence-corrected chi connectivity index (χ1v) is 1.12. The van der Waals surface area contributed by atoms with Gasteiger partial charge in [0.2, 0.25) is 0 Å². The molecule has 0 unspecified atom stereocenters. The molecule has 0 spiro atoms. The Kier molecular flexibility index (Phi) is 22600. The second kappa shape index (κ2) is 3350. The molecule has 0 bridgehead atoms. The van der Waals surface area contributed by atoms with Gasteiger partial charge in [-0.3, -0.25) is 0 Å². The Morgan fingerprint density at radius 3 is 0.400 bits per heavy atom. The minimum Gasteiger partial charge on any atom is -0.693 e. The van der Waals surface area contributed by atoms with Gasteiger partial charge in [-0.1, -0.05) is 0 Å². The van der Waals surface area contributed by atoms with Gasteiger partial charge in [0.1, 0.15) is 0 Å². The fraction of sp³-hybridized carbons (Fsp3) is 0. The Bertz CT molecular complexity index is 85.3. The van der Waals surface area contributed by atoms with Crippen molar-refractivity contribution in [3.8, 4) is 0 Å². The topological polar surface area (TPSA) is 152 Å². The molecule has 0 aliphatic heterocycles. The smallest absolute Gasteiger partial charge is 0.693 e. The minimum absolute atomic E-state index is 0. The molecule has 10 heteroatoms. The van der Waals surface area contributed by atoms with E-state index < -0.39 is 0 Å². The second-order valence-electron chi connectivity index (χ2n) is 0. The summed E-state index contributed by atoms with van der Waals surface area (Å²) < 4.78 is 0. The predicted molar refractivity (Wildman–Crippen MR) is 30.1 cm³/mol. The van der Waals surface area contributed by atoms with Crippen molar-refractivity contribution in [1.82, 2.24) is 0 Å². The van der Waals surface area contributed by atoms with E-state index >= 15 is 0 Å². The van der Waals surface area contributed by atoms with Crippen molar-refractivity contribution in [2.45, 2.75) is 0 Å². The molecular formula is C5H2FeN6Na3+. The van der Waals surface area contributed by atoms with E-state index in [-0.39, 0.29) is 112 Å². The van der Waals surface area contributed by atoms with Crippen molar-refractivity contribution in [3.05, 3.63) is 39.0 Å². The zero-order valence-corrected chi connectivity index (χ0v) is 15.8. The number of nitrogens with two attached hydrogens (primary N) is 1. The summed E-state index contributed by atoms with van der Waals surface area (Å²) in [4.78, 5) is 0. The standard InChI is InChI=1S/5CN.Fe.H2N.3Na/c5*1-2;;;;;/h;;;;;;1H2;;;/q5*-1;+4;-1;3*+1. The van der Waals surface area contributed by atoms with E-state index in [9.17, 15) is 0 Å². The molecule has 0 atom stereocenters. The quantitative estimate of drug-likeness (QED) is 0.316. The fourth-order valence-electron chi connectivity index (χ4n) is 0. The molecule has 6 nitrogen and oxygen atoms in total. The van der Waals surface area contributed by atoms with E-state index in [2.05, 4.69) is 0 Å². The average Bonchev–Trinajstić information content (AvgIpc) is 2.20. The molecule has 0 saturated heterocycles. The molecule has 2 N–H and O–H groups in total. The van der Waals surface area contributed by atoms with Crippen LogP contribution in [0, 0.1) is 59.2 Å². The maximum atomic E-state index is 6.25. The summed E-state index contributed by atoms with van der Waals surface area (Å²) in [5.74, 6) is 0. The van der Waals surface area contributed by atoms with Crippen LogP contribution in [0.1, 0.15) is 0 Å². The molecular weight excluding hydrogens is 269 g/mol. The number of hydrogen-bond donors (Lipinski definition) is 0. The van der Waals surface area contributed by atoms with Gasteiger partial charge in [0, 0.05) is 0 Å². The van der Waals surface area contributed by atoms with E-state index in [0.29, 0.717) is 0 Å². The van der Waals surface area contributed by atoms with Crippen LogP contribution in [0.5, 0.6) is 0 Å². The Morgan fingerprint density at radius 1 is 0.400 bits per heavy atom. The average molecular weight is 271 g/mol. The summed E-state index contributed by atoms with van der Waals surface area (Å²) in [6.45, 7) is 23.8. The monoisotopic (exact) mass is 271 g/mol. The second-order valence-corrected chi connectivity index (χ2v) is 0. The third-order valence-corrected chi connectivity index (χ3v) is 0. The first-order chi connectivity index (χ1) is 5.00. The zero-order chi connectivity index (χ0) is 10.0. The molecule has 0 aromatic rings. The Hall–Kier alpha value is 0.929. The summed E-state index contributed by atoms with van der Waals surface area (Å²) >= 11 is 0. The first kappa shape index (κ1) is 101. The van der Waals surface area contributed by atoms with E-state index in [0.717, 1.165) is 0 Å². The van der Waals surface area contributed by atoms with Gasteiger partial charge >= 0.3 is 106 Å². The summed E-state index contributed by atoms with van der Waals surface area (Å²) in [7, 11) is 0.